The van der Waals surface area contributed by atoms with Gasteiger partial charge in [-0.2, -0.15) is 0 Å². The van der Waals surface area contributed by atoms with E-state index in [1.54, 1.807) is 30.3 Å². The van der Waals surface area contributed by atoms with Crippen LogP contribution < -0.4 is 15.4 Å². The summed E-state index contributed by atoms with van der Waals surface area (Å²) in [6.45, 7) is 5.99. The SMILES string of the molecule is C[C@@H](Oc1ccc(C2Nc3cccc(O)c3NC3=C2C(=O)CC(C)(C)C3)c(F)c1)c1ccccc1. The van der Waals surface area contributed by atoms with Crippen LogP contribution in [0.3, 0.4) is 0 Å². The van der Waals surface area contributed by atoms with Crippen LogP contribution in [-0.4, -0.2) is 10.9 Å². The van der Waals surface area contributed by atoms with Gasteiger partial charge in [0, 0.05) is 29.3 Å². The maximum absolute atomic E-state index is 15.6. The van der Waals surface area contributed by atoms with E-state index in [0.717, 1.165) is 5.56 Å². The second kappa shape index (κ2) is 8.77. The molecular weight excluding hydrogens is 443 g/mol. The summed E-state index contributed by atoms with van der Waals surface area (Å²) in [5, 5.41) is 17.1. The third-order valence-corrected chi connectivity index (χ3v) is 6.69. The van der Waals surface area contributed by atoms with E-state index in [1.807, 2.05) is 51.1 Å². The maximum atomic E-state index is 15.6. The predicted molar refractivity (Wildman–Crippen MR) is 135 cm³/mol. The molecule has 1 aliphatic carbocycles. The van der Waals surface area contributed by atoms with E-state index in [9.17, 15) is 9.90 Å². The first-order chi connectivity index (χ1) is 16.7. The lowest BCUT2D eigenvalue weighted by Crippen LogP contribution is -2.31. The highest BCUT2D eigenvalue weighted by Gasteiger charge is 2.39. The van der Waals surface area contributed by atoms with Crippen molar-refractivity contribution in [2.75, 3.05) is 10.6 Å². The monoisotopic (exact) mass is 472 g/mol. The molecule has 0 spiro atoms. The third kappa shape index (κ3) is 4.48. The quantitative estimate of drug-likeness (QED) is 0.361. The molecule has 0 saturated carbocycles. The molecule has 3 aromatic carbocycles. The number of hydrogen-bond acceptors (Lipinski definition) is 5. The highest BCUT2D eigenvalue weighted by atomic mass is 19.1. The van der Waals surface area contributed by atoms with Gasteiger partial charge in [-0.25, -0.2) is 4.39 Å². The van der Waals surface area contributed by atoms with Gasteiger partial charge in [-0.3, -0.25) is 4.79 Å². The number of benzene rings is 3. The zero-order valence-corrected chi connectivity index (χ0v) is 20.1. The Hall–Kier alpha value is -3.80. The number of rotatable bonds is 4. The second-order valence-electron chi connectivity index (χ2n) is 10.1. The van der Waals surface area contributed by atoms with Crippen LogP contribution in [0, 0.1) is 11.2 Å². The van der Waals surface area contributed by atoms with Gasteiger partial charge in [0.15, 0.2) is 5.78 Å². The number of phenolic OH excluding ortho intramolecular Hbond substituents is 1. The van der Waals surface area contributed by atoms with Gasteiger partial charge in [0.2, 0.25) is 0 Å². The average Bonchev–Trinajstić information content (AvgIpc) is 2.96. The third-order valence-electron chi connectivity index (χ3n) is 6.69. The Labute approximate surface area is 204 Å². The van der Waals surface area contributed by atoms with Crippen LogP contribution in [0.25, 0.3) is 0 Å². The van der Waals surface area contributed by atoms with E-state index < -0.39 is 11.9 Å². The lowest BCUT2D eigenvalue weighted by molar-refractivity contribution is -0.118. The maximum Gasteiger partial charge on any atom is 0.163 e. The number of para-hydroxylation sites is 1. The van der Waals surface area contributed by atoms with Crippen molar-refractivity contribution in [3.05, 3.63) is 94.9 Å². The summed E-state index contributed by atoms with van der Waals surface area (Å²) >= 11 is 0. The van der Waals surface area contributed by atoms with E-state index in [2.05, 4.69) is 10.6 Å². The van der Waals surface area contributed by atoms with Crippen molar-refractivity contribution in [1.29, 1.82) is 0 Å². The summed E-state index contributed by atoms with van der Waals surface area (Å²) in [5.41, 5.74) is 3.41. The predicted octanol–water partition coefficient (Wildman–Crippen LogP) is 6.89. The molecule has 1 unspecified atom stereocenters. The van der Waals surface area contributed by atoms with E-state index in [1.165, 1.54) is 6.07 Å². The Morgan fingerprint density at radius 3 is 2.57 bits per heavy atom. The number of allylic oxidation sites excluding steroid dienone is 1. The number of ether oxygens (including phenoxy) is 1. The van der Waals surface area contributed by atoms with E-state index in [4.69, 9.17) is 4.74 Å². The minimum absolute atomic E-state index is 0.0361. The van der Waals surface area contributed by atoms with Gasteiger partial charge in [-0.05, 0) is 48.6 Å². The fourth-order valence-electron chi connectivity index (χ4n) is 5.00. The fraction of sp³-hybridized carbons (Fsp3) is 0.276. The van der Waals surface area contributed by atoms with Gasteiger partial charge in [-0.1, -0.05) is 50.2 Å². The molecule has 0 fully saturated rings. The topological polar surface area (TPSA) is 70.6 Å². The molecule has 6 heteroatoms. The molecule has 0 saturated heterocycles. The molecule has 2 aliphatic rings. The average molecular weight is 473 g/mol. The second-order valence-corrected chi connectivity index (χ2v) is 10.1. The molecule has 180 valence electrons. The van der Waals surface area contributed by atoms with Crippen molar-refractivity contribution in [3.8, 4) is 11.5 Å². The molecule has 5 nitrogen and oxygen atoms in total. The molecule has 1 heterocycles. The van der Waals surface area contributed by atoms with Crippen molar-refractivity contribution in [2.24, 2.45) is 5.41 Å². The van der Waals surface area contributed by atoms with Crippen molar-refractivity contribution in [1.82, 2.24) is 0 Å². The first kappa shape index (κ1) is 23.0. The lowest BCUT2D eigenvalue weighted by Gasteiger charge is -2.34. The van der Waals surface area contributed by atoms with Crippen molar-refractivity contribution in [2.45, 2.75) is 45.8 Å². The molecule has 5 rings (SSSR count). The zero-order chi connectivity index (χ0) is 24.7. The summed E-state index contributed by atoms with van der Waals surface area (Å²) in [7, 11) is 0. The normalized spacial score (nSPS) is 19.5. The number of nitrogens with one attached hydrogen (secondary N) is 2. The molecule has 3 N–H and O–H groups in total. The van der Waals surface area contributed by atoms with Crippen LogP contribution in [0.4, 0.5) is 15.8 Å². The molecule has 0 amide bonds. The lowest BCUT2D eigenvalue weighted by atomic mass is 9.73. The number of anilines is 2. The number of fused-ring (bicyclic) bond motifs is 1. The largest absolute Gasteiger partial charge is 0.506 e. The van der Waals surface area contributed by atoms with Crippen LogP contribution >= 0.6 is 0 Å². The summed E-state index contributed by atoms with van der Waals surface area (Å²) < 4.78 is 21.6. The molecule has 3 aromatic rings. The van der Waals surface area contributed by atoms with E-state index in [0.29, 0.717) is 46.8 Å². The minimum atomic E-state index is -0.704. The Morgan fingerprint density at radius 1 is 1.06 bits per heavy atom. The number of aromatic hydroxyl groups is 1. The summed E-state index contributed by atoms with van der Waals surface area (Å²) in [6.07, 6.45) is 0.732. The Kier molecular flexibility index (Phi) is 5.75. The molecule has 0 aromatic heterocycles. The van der Waals surface area contributed by atoms with Gasteiger partial charge in [0.05, 0.1) is 11.7 Å². The van der Waals surface area contributed by atoms with Gasteiger partial charge in [-0.15, -0.1) is 0 Å². The van der Waals surface area contributed by atoms with Crippen molar-refractivity contribution < 1.29 is 19.0 Å². The summed E-state index contributed by atoms with van der Waals surface area (Å²) in [4.78, 5) is 13.3. The highest BCUT2D eigenvalue weighted by Crippen LogP contribution is 2.47. The number of ketones is 1. The molecular formula is C29H29FN2O3. The molecule has 35 heavy (non-hydrogen) atoms. The van der Waals surface area contributed by atoms with Gasteiger partial charge in [0.1, 0.15) is 29.1 Å². The van der Waals surface area contributed by atoms with Crippen LogP contribution in [-0.2, 0) is 4.79 Å². The van der Waals surface area contributed by atoms with Gasteiger partial charge in [0.25, 0.3) is 0 Å². The molecule has 0 radical (unpaired) electrons. The molecule has 2 atom stereocenters. The van der Waals surface area contributed by atoms with Crippen LogP contribution in [0.1, 0.15) is 56.9 Å². The Balaban J connectivity index is 1.53. The smallest absolute Gasteiger partial charge is 0.163 e. The zero-order valence-electron chi connectivity index (χ0n) is 20.1. The van der Waals surface area contributed by atoms with Crippen LogP contribution in [0.15, 0.2) is 78.0 Å². The summed E-state index contributed by atoms with van der Waals surface area (Å²) in [6, 6.07) is 18.9. The van der Waals surface area contributed by atoms with E-state index >= 15 is 4.39 Å². The first-order valence-electron chi connectivity index (χ1n) is 11.8. The number of carbonyl (C=O) groups excluding carboxylic acids is 1. The van der Waals surface area contributed by atoms with Crippen molar-refractivity contribution >= 4 is 17.2 Å². The molecule has 1 aliphatic heterocycles. The van der Waals surface area contributed by atoms with Crippen LogP contribution in [0.2, 0.25) is 0 Å². The van der Waals surface area contributed by atoms with Gasteiger partial charge < -0.3 is 20.5 Å². The standard InChI is InChI=1S/C29H29FN2O3/c1-17(18-8-5-4-6-9-18)35-19-12-13-20(21(30)14-19)27-26-23(15-29(2,3)16-25(26)34)32-28-22(31-27)10-7-11-24(28)33/h4-14,17,27,31-33H,15-16H2,1-3H3/t17-,27?/m1/s1. The highest BCUT2D eigenvalue weighted by molar-refractivity contribution is 6.01. The number of Topliss-reactive ketones (excluding diaryl/α,β-unsaturated/α-hetero) is 1. The first-order valence-corrected chi connectivity index (χ1v) is 11.8. The van der Waals surface area contributed by atoms with Crippen molar-refractivity contribution in [3.63, 3.8) is 0 Å². The Morgan fingerprint density at radius 2 is 1.83 bits per heavy atom. The summed E-state index contributed by atoms with van der Waals surface area (Å²) in [5.74, 6) is -0.0190. The van der Waals surface area contributed by atoms with Gasteiger partial charge >= 0.3 is 0 Å². The number of carbonyl (C=O) groups is 1. The number of hydrogen-bond donors (Lipinski definition) is 3. The Bertz CT molecular complexity index is 1320. The number of phenols is 1. The van der Waals surface area contributed by atoms with E-state index in [-0.39, 0.29) is 23.1 Å². The minimum Gasteiger partial charge on any atom is -0.506 e. The van der Waals surface area contributed by atoms with Crippen LogP contribution in [0.5, 0.6) is 11.5 Å². The molecule has 0 bridgehead atoms. The fourth-order valence-corrected chi connectivity index (χ4v) is 5.00. The number of halogens is 1.